The molecule has 0 saturated carbocycles. The van der Waals surface area contributed by atoms with E-state index in [4.69, 9.17) is 11.6 Å². The fourth-order valence-corrected chi connectivity index (χ4v) is 1.70. The van der Waals surface area contributed by atoms with Gasteiger partial charge in [0.15, 0.2) is 0 Å². The lowest BCUT2D eigenvalue weighted by Gasteiger charge is -2.20. The summed E-state index contributed by atoms with van der Waals surface area (Å²) in [4.78, 5) is 11.8. The number of carbonyl (C=O) groups is 1. The lowest BCUT2D eigenvalue weighted by atomic mass is 9.95. The Labute approximate surface area is 115 Å². The largest absolute Gasteiger partial charge is 0.355 e. The molecule has 0 unspecified atom stereocenters. The highest BCUT2D eigenvalue weighted by Gasteiger charge is 2.25. The number of rotatable bonds is 5. The van der Waals surface area contributed by atoms with Gasteiger partial charge in [-0.05, 0) is 50.8 Å². The molecule has 0 spiro atoms. The molecule has 1 aromatic carbocycles. The Morgan fingerprint density at radius 1 is 1.28 bits per heavy atom. The Kier molecular flexibility index (Phi) is 5.21. The highest BCUT2D eigenvalue weighted by Crippen LogP contribution is 2.16. The molecule has 1 N–H and O–H groups in total. The van der Waals surface area contributed by atoms with E-state index < -0.39 is 5.41 Å². The van der Waals surface area contributed by atoms with Crippen LogP contribution in [0, 0.1) is 19.3 Å². The molecular formula is C15H22ClNO. The molecule has 0 aliphatic heterocycles. The number of amides is 1. The van der Waals surface area contributed by atoms with Crippen molar-refractivity contribution in [2.75, 3.05) is 12.4 Å². The summed E-state index contributed by atoms with van der Waals surface area (Å²) < 4.78 is 0. The van der Waals surface area contributed by atoms with E-state index in [0.717, 1.165) is 6.42 Å². The molecule has 1 amide bonds. The highest BCUT2D eigenvalue weighted by molar-refractivity contribution is 6.19. The second kappa shape index (κ2) is 6.24. The Bertz CT molecular complexity index is 427. The number of carbonyl (C=O) groups excluding carboxylic acids is 1. The molecule has 0 atom stereocenters. The van der Waals surface area contributed by atoms with Crippen molar-refractivity contribution in [2.24, 2.45) is 5.41 Å². The number of hydrogen-bond acceptors (Lipinski definition) is 1. The molecular weight excluding hydrogens is 246 g/mol. The predicted molar refractivity (Wildman–Crippen MR) is 77.1 cm³/mol. The van der Waals surface area contributed by atoms with Crippen LogP contribution in [0.3, 0.4) is 0 Å². The van der Waals surface area contributed by atoms with Crippen molar-refractivity contribution < 1.29 is 4.79 Å². The molecule has 0 aliphatic carbocycles. The number of hydrogen-bond donors (Lipinski definition) is 1. The topological polar surface area (TPSA) is 29.1 Å². The van der Waals surface area contributed by atoms with Crippen molar-refractivity contribution in [1.82, 2.24) is 5.32 Å². The summed E-state index contributed by atoms with van der Waals surface area (Å²) in [6.45, 7) is 8.57. The molecule has 1 rings (SSSR count). The number of alkyl halides is 1. The van der Waals surface area contributed by atoms with Crippen LogP contribution < -0.4 is 5.32 Å². The van der Waals surface area contributed by atoms with E-state index in [2.05, 4.69) is 37.4 Å². The smallest absolute Gasteiger partial charge is 0.226 e. The molecule has 100 valence electrons. The van der Waals surface area contributed by atoms with Gasteiger partial charge >= 0.3 is 0 Å². The average molecular weight is 268 g/mol. The molecule has 18 heavy (non-hydrogen) atoms. The number of nitrogens with one attached hydrogen (secondary N) is 1. The van der Waals surface area contributed by atoms with E-state index in [1.807, 2.05) is 13.8 Å². The van der Waals surface area contributed by atoms with Gasteiger partial charge < -0.3 is 5.32 Å². The van der Waals surface area contributed by atoms with Crippen LogP contribution in [0.25, 0.3) is 0 Å². The third kappa shape index (κ3) is 4.02. The zero-order valence-electron chi connectivity index (χ0n) is 11.6. The molecule has 2 nitrogen and oxygen atoms in total. The fraction of sp³-hybridized carbons (Fsp3) is 0.533. The van der Waals surface area contributed by atoms with Crippen molar-refractivity contribution in [3.05, 3.63) is 34.9 Å². The van der Waals surface area contributed by atoms with Crippen molar-refractivity contribution in [2.45, 2.75) is 34.1 Å². The molecule has 0 aromatic heterocycles. The summed E-state index contributed by atoms with van der Waals surface area (Å²) in [6, 6.07) is 6.41. The lowest BCUT2D eigenvalue weighted by Crippen LogP contribution is -2.39. The van der Waals surface area contributed by atoms with Gasteiger partial charge in [0, 0.05) is 12.4 Å². The van der Waals surface area contributed by atoms with Crippen LogP contribution >= 0.6 is 11.6 Å². The van der Waals surface area contributed by atoms with Crippen LogP contribution in [0.5, 0.6) is 0 Å². The molecule has 0 aliphatic rings. The van der Waals surface area contributed by atoms with E-state index in [9.17, 15) is 4.79 Å². The zero-order chi connectivity index (χ0) is 13.8. The fourth-order valence-electron chi connectivity index (χ4n) is 1.58. The first kappa shape index (κ1) is 15.0. The average Bonchev–Trinajstić information content (AvgIpc) is 2.33. The van der Waals surface area contributed by atoms with Crippen molar-refractivity contribution >= 4 is 17.5 Å². The summed E-state index contributed by atoms with van der Waals surface area (Å²) in [7, 11) is 0. The molecule has 1 aromatic rings. The van der Waals surface area contributed by atoms with Crippen LogP contribution in [0.2, 0.25) is 0 Å². The minimum Gasteiger partial charge on any atom is -0.355 e. The minimum absolute atomic E-state index is 0.0151. The van der Waals surface area contributed by atoms with Crippen LogP contribution in [-0.2, 0) is 11.2 Å². The van der Waals surface area contributed by atoms with E-state index >= 15 is 0 Å². The Morgan fingerprint density at radius 2 is 1.94 bits per heavy atom. The minimum atomic E-state index is -0.495. The van der Waals surface area contributed by atoms with Gasteiger partial charge in [-0.2, -0.15) is 0 Å². The standard InChI is InChI=1S/C15H22ClNO/c1-11-5-6-13(9-12(11)2)7-8-17-14(18)15(3,4)10-16/h5-6,9H,7-8,10H2,1-4H3,(H,17,18). The third-order valence-electron chi connectivity index (χ3n) is 3.22. The predicted octanol–water partition coefficient (Wildman–Crippen LogP) is 3.23. The maximum Gasteiger partial charge on any atom is 0.226 e. The zero-order valence-corrected chi connectivity index (χ0v) is 12.4. The summed E-state index contributed by atoms with van der Waals surface area (Å²) in [5.74, 6) is 0.351. The van der Waals surface area contributed by atoms with Crippen LogP contribution in [0.1, 0.15) is 30.5 Å². The molecule has 3 heteroatoms. The molecule has 0 saturated heterocycles. The van der Waals surface area contributed by atoms with Gasteiger partial charge in [-0.25, -0.2) is 0 Å². The van der Waals surface area contributed by atoms with E-state index in [1.165, 1.54) is 16.7 Å². The van der Waals surface area contributed by atoms with E-state index in [-0.39, 0.29) is 5.91 Å². The van der Waals surface area contributed by atoms with Gasteiger partial charge in [-0.3, -0.25) is 4.79 Å². The van der Waals surface area contributed by atoms with E-state index in [0.29, 0.717) is 12.4 Å². The Morgan fingerprint density at radius 3 is 2.50 bits per heavy atom. The first-order valence-electron chi connectivity index (χ1n) is 6.27. The Hall–Kier alpha value is -1.02. The van der Waals surface area contributed by atoms with Gasteiger partial charge in [-0.1, -0.05) is 18.2 Å². The van der Waals surface area contributed by atoms with Crippen LogP contribution in [0.15, 0.2) is 18.2 Å². The summed E-state index contributed by atoms with van der Waals surface area (Å²) in [5.41, 5.74) is 3.35. The van der Waals surface area contributed by atoms with Gasteiger partial charge in [0.1, 0.15) is 0 Å². The second-order valence-electron chi connectivity index (χ2n) is 5.44. The molecule has 0 bridgehead atoms. The Balaban J connectivity index is 2.47. The van der Waals surface area contributed by atoms with Crippen LogP contribution in [0.4, 0.5) is 0 Å². The number of aryl methyl sites for hydroxylation is 2. The maximum absolute atomic E-state index is 11.8. The number of benzene rings is 1. The quantitative estimate of drug-likeness (QED) is 0.816. The maximum atomic E-state index is 11.8. The monoisotopic (exact) mass is 267 g/mol. The van der Waals surface area contributed by atoms with Gasteiger partial charge in [-0.15, -0.1) is 11.6 Å². The van der Waals surface area contributed by atoms with Crippen molar-refractivity contribution in [1.29, 1.82) is 0 Å². The first-order chi connectivity index (χ1) is 8.36. The normalized spacial score (nSPS) is 11.4. The molecule has 0 heterocycles. The lowest BCUT2D eigenvalue weighted by molar-refractivity contribution is -0.128. The van der Waals surface area contributed by atoms with Crippen LogP contribution in [-0.4, -0.2) is 18.3 Å². The van der Waals surface area contributed by atoms with Crippen molar-refractivity contribution in [3.63, 3.8) is 0 Å². The summed E-state index contributed by atoms with van der Waals surface area (Å²) in [5, 5.41) is 2.93. The number of halogens is 1. The van der Waals surface area contributed by atoms with Gasteiger partial charge in [0.2, 0.25) is 5.91 Å². The summed E-state index contributed by atoms with van der Waals surface area (Å²) in [6.07, 6.45) is 0.852. The van der Waals surface area contributed by atoms with Crippen molar-refractivity contribution in [3.8, 4) is 0 Å². The summed E-state index contributed by atoms with van der Waals surface area (Å²) >= 11 is 5.76. The van der Waals surface area contributed by atoms with Gasteiger partial charge in [0.05, 0.1) is 5.41 Å². The first-order valence-corrected chi connectivity index (χ1v) is 6.80. The second-order valence-corrected chi connectivity index (χ2v) is 5.71. The molecule has 0 fully saturated rings. The molecule has 0 radical (unpaired) electrons. The highest BCUT2D eigenvalue weighted by atomic mass is 35.5. The SMILES string of the molecule is Cc1ccc(CCNC(=O)C(C)(C)CCl)cc1C. The van der Waals surface area contributed by atoms with E-state index in [1.54, 1.807) is 0 Å². The van der Waals surface area contributed by atoms with Gasteiger partial charge in [0.25, 0.3) is 0 Å². The third-order valence-corrected chi connectivity index (χ3v) is 3.89.